The van der Waals surface area contributed by atoms with Crippen LogP contribution in [-0.4, -0.2) is 5.97 Å². The third kappa shape index (κ3) is 3.60. The van der Waals surface area contributed by atoms with E-state index < -0.39 is 0 Å². The molecule has 1 aromatic carbocycles. The first-order valence-electron chi connectivity index (χ1n) is 4.25. The van der Waals surface area contributed by atoms with Crippen LogP contribution in [0, 0.1) is 0 Å². The lowest BCUT2D eigenvalue weighted by molar-refractivity contribution is -0.213. The molecular formula is C10H12O3. The highest BCUT2D eigenvalue weighted by atomic mass is 17.2. The number of hydrogen-bond donors (Lipinski definition) is 0. The highest BCUT2D eigenvalue weighted by Crippen LogP contribution is 2.08. The molecule has 0 aromatic heterocycles. The predicted octanol–water partition coefficient (Wildman–Crippen LogP) is 2.32. The number of hydrogen-bond acceptors (Lipinski definition) is 3. The molecule has 0 unspecified atom stereocenters. The van der Waals surface area contributed by atoms with Gasteiger partial charge in [0.2, 0.25) is 0 Å². The van der Waals surface area contributed by atoms with Crippen molar-refractivity contribution >= 4 is 5.97 Å². The van der Waals surface area contributed by atoms with Crippen molar-refractivity contribution < 1.29 is 14.6 Å². The van der Waals surface area contributed by atoms with Crippen molar-refractivity contribution in [3.8, 4) is 5.75 Å². The minimum atomic E-state index is -0.341. The van der Waals surface area contributed by atoms with Gasteiger partial charge in [0.25, 0.3) is 0 Å². The van der Waals surface area contributed by atoms with Crippen LogP contribution in [0.3, 0.4) is 0 Å². The van der Waals surface area contributed by atoms with Crippen molar-refractivity contribution in [2.24, 2.45) is 0 Å². The van der Waals surface area contributed by atoms with E-state index in [1.54, 1.807) is 12.1 Å². The molecule has 0 heterocycles. The lowest BCUT2D eigenvalue weighted by Gasteiger charge is -2.02. The molecule has 0 atom stereocenters. The fourth-order valence-corrected chi connectivity index (χ4v) is 0.816. The fraction of sp³-hybridized carbons (Fsp3) is 0.300. The van der Waals surface area contributed by atoms with Gasteiger partial charge in [-0.15, -0.1) is 0 Å². The Morgan fingerprint density at radius 1 is 1.31 bits per heavy atom. The van der Waals surface area contributed by atoms with Crippen molar-refractivity contribution in [1.29, 1.82) is 0 Å². The Labute approximate surface area is 77.2 Å². The van der Waals surface area contributed by atoms with E-state index in [0.29, 0.717) is 12.2 Å². The van der Waals surface area contributed by atoms with E-state index in [2.05, 4.69) is 4.89 Å². The van der Waals surface area contributed by atoms with E-state index in [1.807, 2.05) is 25.1 Å². The topological polar surface area (TPSA) is 35.5 Å². The van der Waals surface area contributed by atoms with E-state index in [4.69, 9.17) is 4.89 Å². The fourth-order valence-electron chi connectivity index (χ4n) is 0.816. The molecule has 0 saturated heterocycles. The van der Waals surface area contributed by atoms with Crippen LogP contribution in [0.4, 0.5) is 0 Å². The van der Waals surface area contributed by atoms with Crippen LogP contribution in [0.2, 0.25) is 0 Å². The normalized spacial score (nSPS) is 9.31. The standard InChI is InChI=1S/C10H12O3/c1-2-6-10(11)13-12-9-7-4-3-5-8-9/h3-5,7-8H,2,6H2,1H3. The molecule has 0 saturated carbocycles. The summed E-state index contributed by atoms with van der Waals surface area (Å²) in [6.45, 7) is 1.91. The second kappa shape index (κ2) is 5.19. The number of rotatable bonds is 4. The van der Waals surface area contributed by atoms with Crippen molar-refractivity contribution in [3.63, 3.8) is 0 Å². The maximum atomic E-state index is 10.9. The molecule has 1 aromatic rings. The van der Waals surface area contributed by atoms with Gasteiger partial charge in [-0.25, -0.2) is 4.79 Å². The van der Waals surface area contributed by atoms with E-state index in [9.17, 15) is 4.79 Å². The van der Waals surface area contributed by atoms with Gasteiger partial charge in [0.05, 0.1) is 0 Å². The summed E-state index contributed by atoms with van der Waals surface area (Å²) in [6.07, 6.45) is 1.14. The molecule has 0 amide bonds. The summed E-state index contributed by atoms with van der Waals surface area (Å²) in [5.41, 5.74) is 0. The number of para-hydroxylation sites is 1. The van der Waals surface area contributed by atoms with E-state index in [1.165, 1.54) is 0 Å². The van der Waals surface area contributed by atoms with Gasteiger partial charge in [-0.1, -0.05) is 25.1 Å². The summed E-state index contributed by atoms with van der Waals surface area (Å²) >= 11 is 0. The van der Waals surface area contributed by atoms with Crippen LogP contribution in [0.25, 0.3) is 0 Å². The largest absolute Gasteiger partial charge is 0.355 e. The summed E-state index contributed by atoms with van der Waals surface area (Å²) in [7, 11) is 0. The Morgan fingerprint density at radius 3 is 2.62 bits per heavy atom. The summed E-state index contributed by atoms with van der Waals surface area (Å²) in [6, 6.07) is 8.92. The SMILES string of the molecule is CCCC(=O)OOc1ccccc1. The average Bonchev–Trinajstić information content (AvgIpc) is 2.17. The van der Waals surface area contributed by atoms with E-state index in [-0.39, 0.29) is 5.97 Å². The number of carbonyl (C=O) groups is 1. The number of benzene rings is 1. The van der Waals surface area contributed by atoms with Gasteiger partial charge in [-0.2, -0.15) is 0 Å². The first kappa shape index (κ1) is 9.58. The van der Waals surface area contributed by atoms with Crippen molar-refractivity contribution in [2.45, 2.75) is 19.8 Å². The summed E-state index contributed by atoms with van der Waals surface area (Å²) in [4.78, 5) is 20.2. The van der Waals surface area contributed by atoms with Gasteiger partial charge >= 0.3 is 5.97 Å². The zero-order valence-corrected chi connectivity index (χ0v) is 7.53. The predicted molar refractivity (Wildman–Crippen MR) is 48.1 cm³/mol. The first-order chi connectivity index (χ1) is 6.33. The third-order valence-corrected chi connectivity index (χ3v) is 1.43. The van der Waals surface area contributed by atoms with Crippen LogP contribution in [-0.2, 0) is 9.68 Å². The highest BCUT2D eigenvalue weighted by molar-refractivity contribution is 5.68. The molecule has 70 valence electrons. The van der Waals surface area contributed by atoms with Crippen molar-refractivity contribution in [3.05, 3.63) is 30.3 Å². The van der Waals surface area contributed by atoms with E-state index >= 15 is 0 Å². The first-order valence-corrected chi connectivity index (χ1v) is 4.25. The van der Waals surface area contributed by atoms with Gasteiger partial charge in [0.15, 0.2) is 5.75 Å². The Hall–Kier alpha value is -1.51. The second-order valence-corrected chi connectivity index (χ2v) is 2.60. The molecule has 3 nitrogen and oxygen atoms in total. The van der Waals surface area contributed by atoms with Crippen LogP contribution in [0.5, 0.6) is 5.75 Å². The Morgan fingerprint density at radius 2 is 2.00 bits per heavy atom. The van der Waals surface area contributed by atoms with Crippen LogP contribution in [0.1, 0.15) is 19.8 Å². The quantitative estimate of drug-likeness (QED) is 0.527. The van der Waals surface area contributed by atoms with Crippen molar-refractivity contribution in [1.82, 2.24) is 0 Å². The highest BCUT2D eigenvalue weighted by Gasteiger charge is 2.02. The molecule has 0 fully saturated rings. The van der Waals surface area contributed by atoms with E-state index in [0.717, 1.165) is 6.42 Å². The lowest BCUT2D eigenvalue weighted by Crippen LogP contribution is -2.06. The van der Waals surface area contributed by atoms with Crippen molar-refractivity contribution in [2.75, 3.05) is 0 Å². The summed E-state index contributed by atoms with van der Waals surface area (Å²) in [5, 5.41) is 0. The Balaban J connectivity index is 2.31. The maximum Gasteiger partial charge on any atom is 0.355 e. The Kier molecular flexibility index (Phi) is 3.82. The lowest BCUT2D eigenvalue weighted by atomic mass is 10.3. The molecule has 1 rings (SSSR count). The number of carbonyl (C=O) groups excluding carboxylic acids is 1. The molecule has 0 aliphatic rings. The summed E-state index contributed by atoms with van der Waals surface area (Å²) < 4.78 is 0. The molecule has 0 aliphatic carbocycles. The summed E-state index contributed by atoms with van der Waals surface area (Å²) in [5.74, 6) is 0.193. The van der Waals surface area contributed by atoms with Gasteiger partial charge in [-0.3, -0.25) is 9.78 Å². The molecule has 13 heavy (non-hydrogen) atoms. The van der Waals surface area contributed by atoms with Gasteiger partial charge in [0, 0.05) is 6.42 Å². The van der Waals surface area contributed by atoms with Crippen LogP contribution >= 0.6 is 0 Å². The minimum Gasteiger partial charge on any atom is -0.287 e. The molecule has 0 N–H and O–H groups in total. The second-order valence-electron chi connectivity index (χ2n) is 2.60. The van der Waals surface area contributed by atoms with Gasteiger partial charge in [0.1, 0.15) is 0 Å². The minimum absolute atomic E-state index is 0.341. The van der Waals surface area contributed by atoms with Crippen LogP contribution in [0.15, 0.2) is 30.3 Å². The molecule has 0 bridgehead atoms. The third-order valence-electron chi connectivity index (χ3n) is 1.43. The molecular weight excluding hydrogens is 168 g/mol. The van der Waals surface area contributed by atoms with Gasteiger partial charge < -0.3 is 0 Å². The monoisotopic (exact) mass is 180 g/mol. The van der Waals surface area contributed by atoms with Crippen LogP contribution < -0.4 is 4.89 Å². The zero-order valence-electron chi connectivity index (χ0n) is 7.53. The smallest absolute Gasteiger partial charge is 0.287 e. The Bertz CT molecular complexity index is 256. The molecule has 3 heteroatoms. The molecule has 0 spiro atoms. The maximum absolute atomic E-state index is 10.9. The molecule has 0 aliphatic heterocycles. The average molecular weight is 180 g/mol. The zero-order chi connectivity index (χ0) is 9.52. The van der Waals surface area contributed by atoms with Gasteiger partial charge in [-0.05, 0) is 18.6 Å². The molecule has 0 radical (unpaired) electrons.